The average molecular weight is 303 g/mol. The van der Waals surface area contributed by atoms with Gasteiger partial charge in [-0.2, -0.15) is 0 Å². The van der Waals surface area contributed by atoms with E-state index in [2.05, 4.69) is 0 Å². The molecule has 0 N–H and O–H groups in total. The van der Waals surface area contributed by atoms with Crippen molar-refractivity contribution in [3.8, 4) is 0 Å². The molecular formula is C16H21N3O3. The van der Waals surface area contributed by atoms with Crippen LogP contribution in [0.4, 0.5) is 10.5 Å². The Bertz CT molecular complexity index is 571. The highest BCUT2D eigenvalue weighted by Gasteiger charge is 2.41. The lowest BCUT2D eigenvalue weighted by atomic mass is 9.95. The summed E-state index contributed by atoms with van der Waals surface area (Å²) in [6.45, 7) is 0. The second-order valence-corrected chi connectivity index (χ2v) is 5.73. The van der Waals surface area contributed by atoms with Crippen molar-refractivity contribution < 1.29 is 14.4 Å². The summed E-state index contributed by atoms with van der Waals surface area (Å²) in [5.74, 6) is -1.61. The molecule has 4 amide bonds. The van der Waals surface area contributed by atoms with Gasteiger partial charge in [-0.05, 0) is 30.5 Å². The van der Waals surface area contributed by atoms with Gasteiger partial charge >= 0.3 is 6.03 Å². The Labute approximate surface area is 130 Å². The molecule has 0 unspecified atom stereocenters. The minimum absolute atomic E-state index is 0.404. The molecule has 22 heavy (non-hydrogen) atoms. The van der Waals surface area contributed by atoms with E-state index < -0.39 is 23.8 Å². The summed E-state index contributed by atoms with van der Waals surface area (Å²) in [5.41, 5.74) is 2.16. The molecule has 6 nitrogen and oxygen atoms in total. The Balaban J connectivity index is 2.05. The fraction of sp³-hybridized carbons (Fsp3) is 0.438. The number of aryl methyl sites for hydroxylation is 1. The molecule has 1 aromatic rings. The van der Waals surface area contributed by atoms with Crippen LogP contribution in [0.5, 0.6) is 0 Å². The number of barbiturate groups is 1. The lowest BCUT2D eigenvalue weighted by Crippen LogP contribution is -2.56. The first-order chi connectivity index (χ1) is 10.3. The first-order valence-electron chi connectivity index (χ1n) is 7.18. The lowest BCUT2D eigenvalue weighted by molar-refractivity contribution is -0.147. The molecule has 1 aromatic carbocycles. The average Bonchev–Trinajstić information content (AvgIpc) is 2.51. The van der Waals surface area contributed by atoms with Gasteiger partial charge in [-0.15, -0.1) is 0 Å². The first kappa shape index (κ1) is 16.0. The van der Waals surface area contributed by atoms with Crippen LogP contribution in [0.1, 0.15) is 12.0 Å². The molecule has 2 rings (SSSR count). The van der Waals surface area contributed by atoms with E-state index in [1.165, 1.54) is 14.1 Å². The number of carbonyl (C=O) groups is 3. The van der Waals surface area contributed by atoms with Crippen LogP contribution < -0.4 is 4.90 Å². The van der Waals surface area contributed by atoms with Crippen molar-refractivity contribution in [3.63, 3.8) is 0 Å². The standard InChI is InChI=1S/C16H21N3O3/c1-17(2)12-8-5-11(6-9-12)7-10-13-14(20)18(3)16(22)19(4)15(13)21/h5-6,8-9,13H,7,10H2,1-4H3. The number of rotatable bonds is 4. The second-order valence-electron chi connectivity index (χ2n) is 5.73. The summed E-state index contributed by atoms with van der Waals surface area (Å²) in [6.07, 6.45) is 1.02. The molecule has 0 aromatic heterocycles. The van der Waals surface area contributed by atoms with Gasteiger partial charge in [0, 0.05) is 33.9 Å². The molecule has 1 saturated heterocycles. The number of hydrogen-bond acceptors (Lipinski definition) is 4. The van der Waals surface area contributed by atoms with Crippen LogP contribution in [0.2, 0.25) is 0 Å². The summed E-state index contributed by atoms with van der Waals surface area (Å²) in [6, 6.07) is 7.42. The van der Waals surface area contributed by atoms with Crippen LogP contribution in [-0.2, 0) is 16.0 Å². The molecule has 0 saturated carbocycles. The zero-order chi connectivity index (χ0) is 16.4. The van der Waals surface area contributed by atoms with Crippen molar-refractivity contribution >= 4 is 23.5 Å². The minimum atomic E-state index is -0.777. The Hall–Kier alpha value is -2.37. The van der Waals surface area contributed by atoms with Crippen molar-refractivity contribution in [1.82, 2.24) is 9.80 Å². The molecule has 1 aliphatic rings. The van der Waals surface area contributed by atoms with Gasteiger partial charge in [0.1, 0.15) is 5.92 Å². The molecule has 0 radical (unpaired) electrons. The van der Waals surface area contributed by atoms with Gasteiger partial charge in [0.2, 0.25) is 11.8 Å². The van der Waals surface area contributed by atoms with Crippen molar-refractivity contribution in [2.24, 2.45) is 5.92 Å². The molecule has 6 heteroatoms. The third-order valence-electron chi connectivity index (χ3n) is 4.01. The molecule has 1 fully saturated rings. The molecule has 1 heterocycles. The topological polar surface area (TPSA) is 60.9 Å². The number of benzene rings is 1. The summed E-state index contributed by atoms with van der Waals surface area (Å²) in [7, 11) is 6.76. The maximum absolute atomic E-state index is 12.1. The molecule has 0 bridgehead atoms. The van der Waals surface area contributed by atoms with E-state index in [4.69, 9.17) is 0 Å². The predicted octanol–water partition coefficient (Wildman–Crippen LogP) is 1.35. The van der Waals surface area contributed by atoms with Gasteiger partial charge in [0.15, 0.2) is 0 Å². The second kappa shape index (κ2) is 6.17. The van der Waals surface area contributed by atoms with E-state index in [0.717, 1.165) is 21.1 Å². The van der Waals surface area contributed by atoms with Crippen molar-refractivity contribution in [2.45, 2.75) is 12.8 Å². The summed E-state index contributed by atoms with van der Waals surface area (Å²) < 4.78 is 0. The van der Waals surface area contributed by atoms with Gasteiger partial charge < -0.3 is 4.90 Å². The number of anilines is 1. The Morgan fingerprint density at radius 1 is 0.955 bits per heavy atom. The van der Waals surface area contributed by atoms with Crippen LogP contribution in [0.3, 0.4) is 0 Å². The summed E-state index contributed by atoms with van der Waals surface area (Å²) in [5, 5.41) is 0. The summed E-state index contributed by atoms with van der Waals surface area (Å²) in [4.78, 5) is 39.9. The first-order valence-corrected chi connectivity index (χ1v) is 7.18. The Kier molecular flexibility index (Phi) is 4.49. The molecule has 0 spiro atoms. The van der Waals surface area contributed by atoms with Crippen LogP contribution in [0.25, 0.3) is 0 Å². The lowest BCUT2D eigenvalue weighted by Gasteiger charge is -2.32. The number of hydrogen-bond donors (Lipinski definition) is 0. The fourth-order valence-electron chi connectivity index (χ4n) is 2.51. The van der Waals surface area contributed by atoms with Crippen molar-refractivity contribution in [2.75, 3.05) is 33.1 Å². The van der Waals surface area contributed by atoms with Crippen molar-refractivity contribution in [3.05, 3.63) is 29.8 Å². The van der Waals surface area contributed by atoms with Gasteiger partial charge in [0.25, 0.3) is 0 Å². The number of amides is 4. The third-order valence-corrected chi connectivity index (χ3v) is 4.01. The maximum Gasteiger partial charge on any atom is 0.332 e. The third kappa shape index (κ3) is 2.95. The zero-order valence-corrected chi connectivity index (χ0v) is 13.4. The minimum Gasteiger partial charge on any atom is -0.378 e. The SMILES string of the molecule is CN1C(=O)C(CCc2ccc(N(C)C)cc2)C(=O)N(C)C1=O. The molecular weight excluding hydrogens is 282 g/mol. The van der Waals surface area contributed by atoms with Crippen LogP contribution in [0.15, 0.2) is 24.3 Å². The van der Waals surface area contributed by atoms with E-state index in [0.29, 0.717) is 12.8 Å². The van der Waals surface area contributed by atoms with Crippen molar-refractivity contribution in [1.29, 1.82) is 0 Å². The molecule has 118 valence electrons. The van der Waals surface area contributed by atoms with Gasteiger partial charge in [-0.25, -0.2) is 4.79 Å². The van der Waals surface area contributed by atoms with E-state index in [1.54, 1.807) is 0 Å². The van der Waals surface area contributed by atoms with Gasteiger partial charge in [-0.3, -0.25) is 19.4 Å². The van der Waals surface area contributed by atoms with E-state index in [1.807, 2.05) is 43.3 Å². The molecule has 1 aliphatic heterocycles. The number of carbonyl (C=O) groups excluding carboxylic acids is 3. The van der Waals surface area contributed by atoms with E-state index in [9.17, 15) is 14.4 Å². The van der Waals surface area contributed by atoms with Crippen LogP contribution >= 0.6 is 0 Å². The number of imide groups is 2. The monoisotopic (exact) mass is 303 g/mol. The van der Waals surface area contributed by atoms with Crippen LogP contribution in [0, 0.1) is 5.92 Å². The highest BCUT2D eigenvalue weighted by molar-refractivity contribution is 6.15. The van der Waals surface area contributed by atoms with E-state index >= 15 is 0 Å². The maximum atomic E-state index is 12.1. The summed E-state index contributed by atoms with van der Waals surface area (Å²) >= 11 is 0. The van der Waals surface area contributed by atoms with Crippen LogP contribution in [-0.4, -0.2) is 55.8 Å². The normalized spacial score (nSPS) is 16.5. The fourth-order valence-corrected chi connectivity index (χ4v) is 2.51. The van der Waals surface area contributed by atoms with Gasteiger partial charge in [0.05, 0.1) is 0 Å². The predicted molar refractivity (Wildman–Crippen MR) is 83.5 cm³/mol. The number of nitrogens with zero attached hydrogens (tertiary/aromatic N) is 3. The largest absolute Gasteiger partial charge is 0.378 e. The molecule has 0 aliphatic carbocycles. The highest BCUT2D eigenvalue weighted by atomic mass is 16.2. The highest BCUT2D eigenvalue weighted by Crippen LogP contribution is 2.21. The van der Waals surface area contributed by atoms with Gasteiger partial charge in [-0.1, -0.05) is 12.1 Å². The Morgan fingerprint density at radius 3 is 1.91 bits per heavy atom. The number of urea groups is 1. The zero-order valence-electron chi connectivity index (χ0n) is 13.4. The molecule has 0 atom stereocenters. The quantitative estimate of drug-likeness (QED) is 0.788. The van der Waals surface area contributed by atoms with E-state index in [-0.39, 0.29) is 0 Å². The smallest absolute Gasteiger partial charge is 0.332 e. The Morgan fingerprint density at radius 2 is 1.45 bits per heavy atom.